The summed E-state index contributed by atoms with van der Waals surface area (Å²) >= 11 is 0. The number of rotatable bonds is 28. The molecule has 358 valence electrons. The number of nitrogens with two attached hydrogens (primary N) is 1. The van der Waals surface area contributed by atoms with Gasteiger partial charge in [-0.05, 0) is 88.8 Å². The molecule has 4 atom stereocenters. The Kier molecular flexibility index (Phi) is 23.2. The van der Waals surface area contributed by atoms with Crippen LogP contribution in [0.3, 0.4) is 0 Å². The average molecular weight is 916 g/mol. The number of carbonyl (C=O) groups is 8. The Morgan fingerprint density at radius 2 is 1.05 bits per heavy atom. The minimum absolute atomic E-state index is 0.0218. The number of benzene rings is 3. The fraction of sp³-hybridized carbons (Fsp3) is 0.458. The first-order valence-corrected chi connectivity index (χ1v) is 22.2. The molecule has 3 aromatic rings. The molecule has 0 fully saturated rings. The standard InChI is InChI=1S/C48H65N7O11/c1-48(2,3)66-47(64)55-37(24-14-15-29-50-40(56)27-28-41(57)58)43(60)53-38(26-25-33-17-7-4-8-18-33)44(61)54-39(31-34-19-9-5-10-20-34)45(62)52-36(42(49)59)23-13-16-30-51-46(63)65-32-35-21-11-6-12-22-35/h4-12,17-22,36-39H,13-16,23-32H2,1-3H3,(H2,49,59)(H,50,56)(H,51,63)(H,52,62)(H,53,60)(H,54,61)(H,55,64)(H,57,58)/t36-,37-,38-,39-/m0/s1. The molecule has 0 aliphatic rings. The number of alkyl carbamates (subject to hydrolysis) is 2. The number of hydrogen-bond donors (Lipinski definition) is 8. The van der Waals surface area contributed by atoms with E-state index in [9.17, 15) is 38.4 Å². The van der Waals surface area contributed by atoms with Gasteiger partial charge in [0.05, 0.1) is 6.42 Å². The molecule has 0 saturated carbocycles. The van der Waals surface area contributed by atoms with Crippen LogP contribution in [0.25, 0.3) is 0 Å². The number of aliphatic carboxylic acids is 1. The monoisotopic (exact) mass is 915 g/mol. The largest absolute Gasteiger partial charge is 0.481 e. The lowest BCUT2D eigenvalue weighted by Crippen LogP contribution is -2.58. The molecule has 0 unspecified atom stereocenters. The summed E-state index contributed by atoms with van der Waals surface area (Å²) in [6, 6.07) is 22.7. The van der Waals surface area contributed by atoms with Crippen LogP contribution in [0.15, 0.2) is 91.0 Å². The maximum absolute atomic E-state index is 14.3. The maximum Gasteiger partial charge on any atom is 0.408 e. The molecule has 18 nitrogen and oxygen atoms in total. The fourth-order valence-electron chi connectivity index (χ4n) is 6.55. The Labute approximate surface area is 385 Å². The topological polar surface area (TPSA) is 273 Å². The molecule has 0 aromatic heterocycles. The number of nitrogens with one attached hydrogen (secondary N) is 6. The molecule has 0 bridgehead atoms. The molecule has 0 spiro atoms. The summed E-state index contributed by atoms with van der Waals surface area (Å²) in [7, 11) is 0. The first kappa shape index (κ1) is 53.4. The average Bonchev–Trinajstić information content (AvgIpc) is 3.27. The number of primary amides is 1. The lowest BCUT2D eigenvalue weighted by molar-refractivity contribution is -0.138. The van der Waals surface area contributed by atoms with Crippen LogP contribution in [0.1, 0.15) is 95.2 Å². The van der Waals surface area contributed by atoms with Crippen LogP contribution in [0.4, 0.5) is 9.59 Å². The smallest absolute Gasteiger partial charge is 0.408 e. The van der Waals surface area contributed by atoms with Gasteiger partial charge in [-0.2, -0.15) is 0 Å². The van der Waals surface area contributed by atoms with E-state index in [2.05, 4.69) is 31.9 Å². The van der Waals surface area contributed by atoms with Gasteiger partial charge >= 0.3 is 18.2 Å². The number of hydrogen-bond acceptors (Lipinski definition) is 10. The van der Waals surface area contributed by atoms with Crippen molar-refractivity contribution < 1.29 is 52.9 Å². The van der Waals surface area contributed by atoms with Gasteiger partial charge in [0, 0.05) is 25.9 Å². The third kappa shape index (κ3) is 22.6. The van der Waals surface area contributed by atoms with Gasteiger partial charge in [0.2, 0.25) is 29.5 Å². The van der Waals surface area contributed by atoms with Crippen molar-refractivity contribution in [1.29, 1.82) is 0 Å². The Morgan fingerprint density at radius 1 is 0.561 bits per heavy atom. The number of ether oxygens (including phenoxy) is 2. The van der Waals surface area contributed by atoms with E-state index in [1.807, 2.05) is 60.7 Å². The van der Waals surface area contributed by atoms with Gasteiger partial charge in [-0.25, -0.2) is 9.59 Å². The van der Waals surface area contributed by atoms with Gasteiger partial charge in [-0.3, -0.25) is 28.8 Å². The molecule has 0 aliphatic heterocycles. The first-order valence-electron chi connectivity index (χ1n) is 22.2. The third-order valence-electron chi connectivity index (χ3n) is 9.99. The van der Waals surface area contributed by atoms with Crippen LogP contribution in [-0.4, -0.2) is 95.7 Å². The Bertz CT molecular complexity index is 2020. The van der Waals surface area contributed by atoms with Gasteiger partial charge in [-0.15, -0.1) is 0 Å². The first-order chi connectivity index (χ1) is 31.5. The van der Waals surface area contributed by atoms with E-state index < -0.39 is 77.5 Å². The quantitative estimate of drug-likeness (QED) is 0.0483. The Hall–Kier alpha value is -6.98. The SMILES string of the molecule is CC(C)(C)OC(=O)N[C@@H](CCCCNC(=O)CCC(=O)O)C(=O)N[C@@H](CCc1ccccc1)C(=O)N[C@@H](Cc1ccccc1)C(=O)N[C@@H](CCCCNC(=O)OCc1ccccc1)C(N)=O. The molecule has 9 N–H and O–H groups in total. The fourth-order valence-corrected chi connectivity index (χ4v) is 6.55. The van der Waals surface area contributed by atoms with Gasteiger partial charge < -0.3 is 52.2 Å². The van der Waals surface area contributed by atoms with Crippen LogP contribution in [0.5, 0.6) is 0 Å². The summed E-state index contributed by atoms with van der Waals surface area (Å²) in [6.45, 7) is 5.56. The molecular weight excluding hydrogens is 851 g/mol. The zero-order chi connectivity index (χ0) is 48.3. The second-order valence-electron chi connectivity index (χ2n) is 16.7. The number of carboxylic acid groups (broad SMARTS) is 1. The highest BCUT2D eigenvalue weighted by Gasteiger charge is 2.32. The summed E-state index contributed by atoms with van der Waals surface area (Å²) in [4.78, 5) is 103. The van der Waals surface area contributed by atoms with Gasteiger partial charge in [0.1, 0.15) is 36.4 Å². The van der Waals surface area contributed by atoms with E-state index in [1.165, 1.54) is 0 Å². The Balaban J connectivity index is 1.74. The number of amides is 7. The van der Waals surface area contributed by atoms with Crippen molar-refractivity contribution in [3.05, 3.63) is 108 Å². The highest BCUT2D eigenvalue weighted by Crippen LogP contribution is 2.12. The van der Waals surface area contributed by atoms with Crippen molar-refractivity contribution in [2.24, 2.45) is 5.73 Å². The summed E-state index contributed by atoms with van der Waals surface area (Å²) in [5.74, 6) is -4.40. The van der Waals surface area contributed by atoms with Gasteiger partial charge in [0.15, 0.2) is 0 Å². The van der Waals surface area contributed by atoms with Crippen LogP contribution in [0.2, 0.25) is 0 Å². The highest BCUT2D eigenvalue weighted by molar-refractivity contribution is 5.95. The van der Waals surface area contributed by atoms with Crippen molar-refractivity contribution in [2.45, 2.75) is 128 Å². The van der Waals surface area contributed by atoms with E-state index in [1.54, 1.807) is 51.1 Å². The molecule has 3 rings (SSSR count). The molecule has 3 aromatic carbocycles. The summed E-state index contributed by atoms with van der Waals surface area (Å²) in [5, 5.41) is 25.0. The zero-order valence-corrected chi connectivity index (χ0v) is 38.0. The molecule has 66 heavy (non-hydrogen) atoms. The molecule has 0 heterocycles. The molecular formula is C48H65N7O11. The summed E-state index contributed by atoms with van der Waals surface area (Å²) in [6.07, 6.45) is 0.327. The normalized spacial score (nSPS) is 12.8. The Morgan fingerprint density at radius 3 is 1.61 bits per heavy atom. The van der Waals surface area contributed by atoms with E-state index >= 15 is 0 Å². The molecule has 0 saturated heterocycles. The van der Waals surface area contributed by atoms with Crippen LogP contribution < -0.4 is 37.6 Å². The lowest BCUT2D eigenvalue weighted by Gasteiger charge is -2.27. The van der Waals surface area contributed by atoms with Crippen LogP contribution in [-0.2, 0) is 57.7 Å². The van der Waals surface area contributed by atoms with Crippen LogP contribution in [0, 0.1) is 0 Å². The van der Waals surface area contributed by atoms with Crippen LogP contribution >= 0.6 is 0 Å². The van der Waals surface area contributed by atoms with Crippen molar-refractivity contribution in [1.82, 2.24) is 31.9 Å². The van der Waals surface area contributed by atoms with E-state index in [4.69, 9.17) is 20.3 Å². The van der Waals surface area contributed by atoms with E-state index in [0.29, 0.717) is 37.7 Å². The van der Waals surface area contributed by atoms with Crippen molar-refractivity contribution >= 4 is 47.7 Å². The van der Waals surface area contributed by atoms with Crippen molar-refractivity contribution in [3.8, 4) is 0 Å². The second kappa shape index (κ2) is 28.7. The molecule has 0 aliphatic carbocycles. The maximum atomic E-state index is 14.3. The number of carbonyl (C=O) groups excluding carboxylic acids is 7. The predicted molar refractivity (Wildman–Crippen MR) is 245 cm³/mol. The number of carboxylic acids is 1. The number of aryl methyl sites for hydroxylation is 1. The molecule has 7 amide bonds. The summed E-state index contributed by atoms with van der Waals surface area (Å²) in [5.41, 5.74) is 7.25. The number of unbranched alkanes of at least 4 members (excludes halogenated alkanes) is 2. The second-order valence-corrected chi connectivity index (χ2v) is 16.7. The molecule has 0 radical (unpaired) electrons. The minimum atomic E-state index is -1.22. The van der Waals surface area contributed by atoms with Crippen molar-refractivity contribution in [2.75, 3.05) is 13.1 Å². The highest BCUT2D eigenvalue weighted by atomic mass is 16.6. The lowest BCUT2D eigenvalue weighted by atomic mass is 10.0. The minimum Gasteiger partial charge on any atom is -0.481 e. The zero-order valence-electron chi connectivity index (χ0n) is 38.0. The molecule has 18 heteroatoms. The van der Waals surface area contributed by atoms with Gasteiger partial charge in [0.25, 0.3) is 0 Å². The summed E-state index contributed by atoms with van der Waals surface area (Å²) < 4.78 is 10.6. The van der Waals surface area contributed by atoms with E-state index in [0.717, 1.165) is 11.1 Å². The predicted octanol–water partition coefficient (Wildman–Crippen LogP) is 3.94. The van der Waals surface area contributed by atoms with Gasteiger partial charge in [-0.1, -0.05) is 91.0 Å². The third-order valence-corrected chi connectivity index (χ3v) is 9.99. The van der Waals surface area contributed by atoms with E-state index in [-0.39, 0.29) is 58.2 Å². The van der Waals surface area contributed by atoms with Crippen molar-refractivity contribution in [3.63, 3.8) is 0 Å².